The molecule has 0 aliphatic rings. The summed E-state index contributed by atoms with van der Waals surface area (Å²) in [5.41, 5.74) is 3.19. The second-order valence-electron chi connectivity index (χ2n) is 6.03. The maximum Gasteiger partial charge on any atom is 0.222 e. The fourth-order valence-corrected chi connectivity index (χ4v) is 3.01. The van der Waals surface area contributed by atoms with Gasteiger partial charge < -0.3 is 9.88 Å². The summed E-state index contributed by atoms with van der Waals surface area (Å²) in [4.78, 5) is 12.3. The van der Waals surface area contributed by atoms with Crippen molar-refractivity contribution in [3.63, 3.8) is 0 Å². The molecule has 0 spiro atoms. The van der Waals surface area contributed by atoms with Crippen LogP contribution in [0.25, 0.3) is 5.69 Å². The Labute approximate surface area is 155 Å². The molecule has 25 heavy (non-hydrogen) atoms. The smallest absolute Gasteiger partial charge is 0.222 e. The van der Waals surface area contributed by atoms with Gasteiger partial charge in [-0.15, -0.1) is 0 Å². The molecule has 1 N–H and O–H groups in total. The summed E-state index contributed by atoms with van der Waals surface area (Å²) in [6, 6.07) is 12.1. The van der Waals surface area contributed by atoms with E-state index in [1.165, 1.54) is 0 Å². The van der Waals surface area contributed by atoms with Crippen LogP contribution in [0.2, 0.25) is 0 Å². The number of carbonyl (C=O) groups is 1. The zero-order chi connectivity index (χ0) is 17.8. The van der Waals surface area contributed by atoms with Gasteiger partial charge in [-0.3, -0.25) is 9.48 Å². The van der Waals surface area contributed by atoms with Crippen LogP contribution in [-0.2, 0) is 11.3 Å². The highest BCUT2D eigenvalue weighted by atomic mass is 79.9. The molecule has 0 saturated carbocycles. The number of aromatic nitrogens is 3. The molecule has 3 rings (SSSR count). The van der Waals surface area contributed by atoms with Crippen LogP contribution >= 0.6 is 15.9 Å². The molecule has 0 saturated heterocycles. The van der Waals surface area contributed by atoms with Gasteiger partial charge in [-0.25, -0.2) is 0 Å². The van der Waals surface area contributed by atoms with E-state index < -0.39 is 0 Å². The number of hydrogen-bond acceptors (Lipinski definition) is 2. The first-order valence-corrected chi connectivity index (χ1v) is 9.04. The number of benzene rings is 1. The molecule has 5 nitrogen and oxygen atoms in total. The van der Waals surface area contributed by atoms with E-state index in [-0.39, 0.29) is 11.9 Å². The van der Waals surface area contributed by atoms with Crippen molar-refractivity contribution in [2.75, 3.05) is 0 Å². The topological polar surface area (TPSA) is 51.9 Å². The van der Waals surface area contributed by atoms with Gasteiger partial charge in [-0.05, 0) is 59.6 Å². The first-order chi connectivity index (χ1) is 12.0. The lowest BCUT2D eigenvalue weighted by molar-refractivity contribution is -0.122. The number of halogens is 1. The molecule has 0 bridgehead atoms. The lowest BCUT2D eigenvalue weighted by atomic mass is 10.1. The molecular weight excluding hydrogens is 380 g/mol. The van der Waals surface area contributed by atoms with Crippen LogP contribution in [0.3, 0.4) is 0 Å². The molecule has 0 aliphatic carbocycles. The number of nitrogens with one attached hydrogen (secondary N) is 1. The summed E-state index contributed by atoms with van der Waals surface area (Å²) < 4.78 is 4.85. The van der Waals surface area contributed by atoms with E-state index >= 15 is 0 Å². The molecule has 3 aromatic rings. The lowest BCUT2D eigenvalue weighted by Crippen LogP contribution is -2.27. The van der Waals surface area contributed by atoms with Gasteiger partial charge in [-0.2, -0.15) is 5.10 Å². The number of rotatable bonds is 6. The van der Waals surface area contributed by atoms with Gasteiger partial charge in [0.1, 0.15) is 0 Å². The Morgan fingerprint density at radius 1 is 1.28 bits per heavy atom. The van der Waals surface area contributed by atoms with E-state index in [2.05, 4.69) is 43.0 Å². The van der Waals surface area contributed by atoms with Crippen LogP contribution in [0, 0.1) is 6.92 Å². The second-order valence-corrected chi connectivity index (χ2v) is 6.88. The third kappa shape index (κ3) is 4.20. The summed E-state index contributed by atoms with van der Waals surface area (Å²) in [5, 5.41) is 7.32. The summed E-state index contributed by atoms with van der Waals surface area (Å²) in [6.45, 7) is 4.55. The predicted octanol–water partition coefficient (Wildman–Crippen LogP) is 4.01. The van der Waals surface area contributed by atoms with Crippen LogP contribution in [-0.4, -0.2) is 20.3 Å². The standard InChI is InChI=1S/C19H21BrN4O/c1-14(16-6-5-7-17(12-16)23-9-3-4-10-23)22-19(25)8-11-24-15(2)18(20)13-21-24/h3-7,9-10,12-14H,8,11H2,1-2H3,(H,22,25). The number of aryl methyl sites for hydroxylation is 1. The van der Waals surface area contributed by atoms with Crippen molar-refractivity contribution >= 4 is 21.8 Å². The molecule has 1 aromatic carbocycles. The number of carbonyl (C=O) groups excluding carboxylic acids is 1. The van der Waals surface area contributed by atoms with E-state index in [0.29, 0.717) is 13.0 Å². The molecule has 1 unspecified atom stereocenters. The highest BCUT2D eigenvalue weighted by Crippen LogP contribution is 2.18. The summed E-state index contributed by atoms with van der Waals surface area (Å²) in [5.74, 6) is 0.0184. The van der Waals surface area contributed by atoms with E-state index in [1.807, 2.05) is 55.2 Å². The molecule has 2 aromatic heterocycles. The zero-order valence-electron chi connectivity index (χ0n) is 14.3. The molecule has 2 heterocycles. The third-order valence-electron chi connectivity index (χ3n) is 4.24. The van der Waals surface area contributed by atoms with Crippen molar-refractivity contribution in [3.05, 3.63) is 70.7 Å². The fourth-order valence-electron chi connectivity index (χ4n) is 2.71. The monoisotopic (exact) mass is 400 g/mol. The average molecular weight is 401 g/mol. The van der Waals surface area contributed by atoms with E-state index in [1.54, 1.807) is 6.20 Å². The van der Waals surface area contributed by atoms with Gasteiger partial charge in [0.25, 0.3) is 0 Å². The Kier molecular flexibility index (Phi) is 5.38. The Bertz CT molecular complexity index is 854. The summed E-state index contributed by atoms with van der Waals surface area (Å²) in [6.07, 6.45) is 6.17. The van der Waals surface area contributed by atoms with Gasteiger partial charge in [-0.1, -0.05) is 12.1 Å². The van der Waals surface area contributed by atoms with Crippen molar-refractivity contribution in [3.8, 4) is 5.69 Å². The minimum Gasteiger partial charge on any atom is -0.350 e. The number of amides is 1. The molecule has 1 atom stereocenters. The minimum atomic E-state index is -0.0477. The van der Waals surface area contributed by atoms with Gasteiger partial charge >= 0.3 is 0 Å². The highest BCUT2D eigenvalue weighted by Gasteiger charge is 2.11. The van der Waals surface area contributed by atoms with Crippen molar-refractivity contribution in [2.24, 2.45) is 0 Å². The Balaban J connectivity index is 1.60. The lowest BCUT2D eigenvalue weighted by Gasteiger charge is -2.16. The second kappa shape index (κ2) is 7.70. The van der Waals surface area contributed by atoms with Gasteiger partial charge in [0.15, 0.2) is 0 Å². The SMILES string of the molecule is Cc1c(Br)cnn1CCC(=O)NC(C)c1cccc(-n2cccc2)c1. The first-order valence-electron chi connectivity index (χ1n) is 8.25. The van der Waals surface area contributed by atoms with E-state index in [4.69, 9.17) is 0 Å². The molecule has 6 heteroatoms. The van der Waals surface area contributed by atoms with Crippen LogP contribution < -0.4 is 5.32 Å². The third-order valence-corrected chi connectivity index (χ3v) is 5.02. The van der Waals surface area contributed by atoms with Gasteiger partial charge in [0.05, 0.1) is 16.7 Å². The van der Waals surface area contributed by atoms with Gasteiger partial charge in [0.2, 0.25) is 5.91 Å². The van der Waals surface area contributed by atoms with Crippen LogP contribution in [0.4, 0.5) is 0 Å². The van der Waals surface area contributed by atoms with Crippen LogP contribution in [0.5, 0.6) is 0 Å². The predicted molar refractivity (Wildman–Crippen MR) is 102 cm³/mol. The largest absolute Gasteiger partial charge is 0.350 e. The quantitative estimate of drug-likeness (QED) is 0.679. The highest BCUT2D eigenvalue weighted by molar-refractivity contribution is 9.10. The molecule has 1 amide bonds. The minimum absolute atomic E-state index is 0.0184. The van der Waals surface area contributed by atoms with E-state index in [9.17, 15) is 4.79 Å². The Morgan fingerprint density at radius 3 is 2.72 bits per heavy atom. The van der Waals surface area contributed by atoms with Crippen molar-refractivity contribution in [2.45, 2.75) is 32.9 Å². The Morgan fingerprint density at radius 2 is 2.04 bits per heavy atom. The maximum atomic E-state index is 12.3. The van der Waals surface area contributed by atoms with Crippen LogP contribution in [0.15, 0.2) is 59.5 Å². The van der Waals surface area contributed by atoms with E-state index in [0.717, 1.165) is 21.4 Å². The summed E-state index contributed by atoms with van der Waals surface area (Å²) >= 11 is 3.43. The maximum absolute atomic E-state index is 12.3. The van der Waals surface area contributed by atoms with Crippen LogP contribution in [0.1, 0.15) is 30.6 Å². The Hall–Kier alpha value is -2.34. The van der Waals surface area contributed by atoms with Gasteiger partial charge in [0, 0.05) is 36.7 Å². The fraction of sp³-hybridized carbons (Fsp3) is 0.263. The average Bonchev–Trinajstić information content (AvgIpc) is 3.25. The summed E-state index contributed by atoms with van der Waals surface area (Å²) in [7, 11) is 0. The van der Waals surface area contributed by atoms with Crippen molar-refractivity contribution < 1.29 is 4.79 Å². The number of hydrogen-bond donors (Lipinski definition) is 1. The zero-order valence-corrected chi connectivity index (χ0v) is 15.9. The molecule has 0 aliphatic heterocycles. The molecule has 0 fully saturated rings. The van der Waals surface area contributed by atoms with Crippen molar-refractivity contribution in [1.29, 1.82) is 0 Å². The van der Waals surface area contributed by atoms with Crippen molar-refractivity contribution in [1.82, 2.24) is 19.7 Å². The molecular formula is C19H21BrN4O. The molecule has 130 valence electrons. The first kappa shape index (κ1) is 17.5. The normalized spacial score (nSPS) is 12.1. The number of nitrogens with zero attached hydrogens (tertiary/aromatic N) is 3. The molecule has 0 radical (unpaired) electrons.